The molecule has 0 aromatic rings. The highest BCUT2D eigenvalue weighted by molar-refractivity contribution is 5.59. The molecule has 2 radical (unpaired) electrons. The molecule has 1 saturated carbocycles. The van der Waals surface area contributed by atoms with Crippen LogP contribution in [0.4, 0.5) is 0 Å². The van der Waals surface area contributed by atoms with E-state index < -0.39 is 0 Å². The van der Waals surface area contributed by atoms with Crippen LogP contribution in [0.2, 0.25) is 0 Å². The monoisotopic (exact) mass is 138 g/mol. The topological polar surface area (TPSA) is 34.1 Å². The van der Waals surface area contributed by atoms with Crippen molar-refractivity contribution in [3.8, 4) is 0 Å². The fourth-order valence-corrected chi connectivity index (χ4v) is 1.40. The summed E-state index contributed by atoms with van der Waals surface area (Å²) in [6.07, 6.45) is 7.33. The quantitative estimate of drug-likeness (QED) is 0.570. The van der Waals surface area contributed by atoms with Gasteiger partial charge in [-0.2, -0.15) is 0 Å². The van der Waals surface area contributed by atoms with Crippen molar-refractivity contribution in [3.05, 3.63) is 0 Å². The van der Waals surface area contributed by atoms with Crippen LogP contribution in [-0.4, -0.2) is 12.6 Å². The van der Waals surface area contributed by atoms with Crippen molar-refractivity contribution >= 4 is 12.6 Å². The summed E-state index contributed by atoms with van der Waals surface area (Å²) in [5.74, 6) is 0.000370. The van der Waals surface area contributed by atoms with Gasteiger partial charge in [-0.25, -0.2) is 0 Å². The first-order chi connectivity index (χ1) is 4.86. The largest absolute Gasteiger partial charge is 0.291 e. The summed E-state index contributed by atoms with van der Waals surface area (Å²) < 4.78 is 0. The number of hydrogen-bond acceptors (Lipinski definition) is 2. The van der Waals surface area contributed by atoms with Gasteiger partial charge >= 0.3 is 0 Å². The third-order valence-corrected chi connectivity index (χ3v) is 2.01. The fraction of sp³-hybridized carbons (Fsp3) is 0.750. The maximum atomic E-state index is 10.2. The molecule has 0 amide bonds. The van der Waals surface area contributed by atoms with Gasteiger partial charge < -0.3 is 0 Å². The van der Waals surface area contributed by atoms with Crippen molar-refractivity contribution in [2.24, 2.45) is 11.8 Å². The SMILES string of the molecule is O=[C]C1CCCC([C]=O)C1. The van der Waals surface area contributed by atoms with E-state index in [-0.39, 0.29) is 11.8 Å². The smallest absolute Gasteiger partial charge is 0.201 e. The van der Waals surface area contributed by atoms with E-state index >= 15 is 0 Å². The van der Waals surface area contributed by atoms with Gasteiger partial charge in [0.15, 0.2) is 0 Å². The molecule has 1 fully saturated rings. The maximum absolute atomic E-state index is 10.2. The zero-order valence-electron chi connectivity index (χ0n) is 5.80. The van der Waals surface area contributed by atoms with Crippen molar-refractivity contribution in [3.63, 3.8) is 0 Å². The Morgan fingerprint density at radius 2 is 1.50 bits per heavy atom. The first kappa shape index (κ1) is 7.45. The van der Waals surface area contributed by atoms with Gasteiger partial charge in [-0.3, -0.25) is 9.59 Å². The number of carbonyl (C=O) groups excluding carboxylic acids is 2. The molecule has 2 atom stereocenters. The number of hydrogen-bond donors (Lipinski definition) is 0. The van der Waals surface area contributed by atoms with Gasteiger partial charge in [0.05, 0.1) is 0 Å². The van der Waals surface area contributed by atoms with Crippen molar-refractivity contribution in [2.75, 3.05) is 0 Å². The molecule has 1 aliphatic carbocycles. The standard InChI is InChI=1S/C8H10O2/c9-5-7-2-1-3-8(4-7)6-10/h7-8H,1-4H2. The molecule has 1 aliphatic rings. The maximum Gasteiger partial charge on any atom is 0.201 e. The van der Waals surface area contributed by atoms with Crippen LogP contribution in [-0.2, 0) is 9.59 Å². The molecule has 2 nitrogen and oxygen atoms in total. The van der Waals surface area contributed by atoms with E-state index in [0.717, 1.165) is 19.3 Å². The lowest BCUT2D eigenvalue weighted by molar-refractivity contribution is 0.358. The van der Waals surface area contributed by atoms with E-state index in [4.69, 9.17) is 0 Å². The molecule has 0 heterocycles. The lowest BCUT2D eigenvalue weighted by Gasteiger charge is -2.19. The Morgan fingerprint density at radius 3 is 1.90 bits per heavy atom. The van der Waals surface area contributed by atoms with Crippen LogP contribution in [0.15, 0.2) is 0 Å². The van der Waals surface area contributed by atoms with Crippen molar-refractivity contribution in [1.29, 1.82) is 0 Å². The molecule has 0 bridgehead atoms. The van der Waals surface area contributed by atoms with Gasteiger partial charge in [-0.15, -0.1) is 0 Å². The van der Waals surface area contributed by atoms with Crippen LogP contribution in [0.3, 0.4) is 0 Å². The molecule has 10 heavy (non-hydrogen) atoms. The number of rotatable bonds is 2. The summed E-state index contributed by atoms with van der Waals surface area (Å²) >= 11 is 0. The third-order valence-electron chi connectivity index (χ3n) is 2.01. The first-order valence-corrected chi connectivity index (χ1v) is 3.62. The minimum absolute atomic E-state index is 0.000185. The van der Waals surface area contributed by atoms with E-state index in [2.05, 4.69) is 0 Å². The van der Waals surface area contributed by atoms with Gasteiger partial charge in [0.1, 0.15) is 0 Å². The summed E-state index contributed by atoms with van der Waals surface area (Å²) in [5.41, 5.74) is 0. The molecule has 0 saturated heterocycles. The average molecular weight is 138 g/mol. The summed E-state index contributed by atoms with van der Waals surface area (Å²) in [7, 11) is 0. The van der Waals surface area contributed by atoms with E-state index in [1.54, 1.807) is 0 Å². The van der Waals surface area contributed by atoms with E-state index in [1.807, 2.05) is 12.6 Å². The Morgan fingerprint density at radius 1 is 1.00 bits per heavy atom. The Bertz CT molecular complexity index is 117. The molecule has 0 spiro atoms. The lowest BCUT2D eigenvalue weighted by atomic mass is 9.83. The molecular formula is C8H10O2. The minimum Gasteiger partial charge on any atom is -0.291 e. The molecule has 1 rings (SSSR count). The van der Waals surface area contributed by atoms with Crippen LogP contribution >= 0.6 is 0 Å². The van der Waals surface area contributed by atoms with E-state index in [9.17, 15) is 9.59 Å². The highest BCUT2D eigenvalue weighted by atomic mass is 16.1. The molecular weight excluding hydrogens is 128 g/mol. The summed E-state index contributed by atoms with van der Waals surface area (Å²) in [6, 6.07) is 0. The third kappa shape index (κ3) is 1.66. The van der Waals surface area contributed by atoms with Gasteiger partial charge in [0.25, 0.3) is 0 Å². The molecule has 0 aliphatic heterocycles. The molecule has 0 N–H and O–H groups in total. The highest BCUT2D eigenvalue weighted by Crippen LogP contribution is 2.25. The van der Waals surface area contributed by atoms with Gasteiger partial charge in [-0.1, -0.05) is 6.42 Å². The second-order valence-electron chi connectivity index (χ2n) is 2.80. The second-order valence-corrected chi connectivity index (χ2v) is 2.80. The normalized spacial score (nSPS) is 33.2. The molecule has 54 valence electrons. The van der Waals surface area contributed by atoms with Crippen molar-refractivity contribution < 1.29 is 9.59 Å². The predicted molar refractivity (Wildman–Crippen MR) is 36.8 cm³/mol. The van der Waals surface area contributed by atoms with Crippen LogP contribution in [0.1, 0.15) is 25.7 Å². The van der Waals surface area contributed by atoms with Crippen molar-refractivity contribution in [2.45, 2.75) is 25.7 Å². The van der Waals surface area contributed by atoms with E-state index in [1.165, 1.54) is 0 Å². The van der Waals surface area contributed by atoms with Gasteiger partial charge in [0.2, 0.25) is 12.6 Å². The molecule has 2 heteroatoms. The average Bonchev–Trinajstić information content (AvgIpc) is 2.05. The molecule has 2 unspecified atom stereocenters. The Balaban J connectivity index is 2.38. The van der Waals surface area contributed by atoms with Crippen LogP contribution in [0, 0.1) is 11.8 Å². The van der Waals surface area contributed by atoms with Crippen LogP contribution < -0.4 is 0 Å². The highest BCUT2D eigenvalue weighted by Gasteiger charge is 2.21. The second kappa shape index (κ2) is 3.49. The van der Waals surface area contributed by atoms with Gasteiger partial charge in [0, 0.05) is 11.8 Å². The molecule has 0 aromatic carbocycles. The fourth-order valence-electron chi connectivity index (χ4n) is 1.40. The van der Waals surface area contributed by atoms with Crippen molar-refractivity contribution in [1.82, 2.24) is 0 Å². The molecule has 0 aromatic heterocycles. The lowest BCUT2D eigenvalue weighted by Crippen LogP contribution is -2.16. The van der Waals surface area contributed by atoms with E-state index in [0.29, 0.717) is 6.42 Å². The first-order valence-electron chi connectivity index (χ1n) is 3.62. The summed E-state index contributed by atoms with van der Waals surface area (Å²) in [5, 5.41) is 0. The zero-order valence-corrected chi connectivity index (χ0v) is 5.80. The minimum atomic E-state index is 0.000185. The zero-order chi connectivity index (χ0) is 7.40. The summed E-state index contributed by atoms with van der Waals surface area (Å²) in [6.45, 7) is 0. The van der Waals surface area contributed by atoms with Gasteiger partial charge in [-0.05, 0) is 19.3 Å². The Hall–Kier alpha value is -0.660. The van der Waals surface area contributed by atoms with Crippen LogP contribution in [0.5, 0.6) is 0 Å². The summed E-state index contributed by atoms with van der Waals surface area (Å²) in [4.78, 5) is 20.3. The predicted octanol–water partition coefficient (Wildman–Crippen LogP) is 1.01. The Kier molecular flexibility index (Phi) is 2.60. The van der Waals surface area contributed by atoms with Crippen LogP contribution in [0.25, 0.3) is 0 Å². The Labute approximate surface area is 60.6 Å².